The standard InChI is InChI=1S/C56H33N3/c1-3-16-34(17-4-1)36-30-31-37(35-18-5-2-6-19-35)53-52(36)57-54-46-27-15-26-40-43(32-33-47(51(40)46)55(54)58-53)50-41-22-7-9-24-44(41)56(45-25-10-8-23-42(45)50)59-48-28-13-11-20-38(48)39-21-12-14-29-49(39)59/h1-33H. The van der Waals surface area contributed by atoms with Gasteiger partial charge < -0.3 is 4.57 Å². The molecule has 1 aliphatic rings. The van der Waals surface area contributed by atoms with Gasteiger partial charge in [0.1, 0.15) is 0 Å². The highest BCUT2D eigenvalue weighted by atomic mass is 15.0. The van der Waals surface area contributed by atoms with Crippen LogP contribution in [0.2, 0.25) is 0 Å². The van der Waals surface area contributed by atoms with Gasteiger partial charge in [-0.15, -0.1) is 0 Å². The van der Waals surface area contributed by atoms with Crippen LogP contribution in [0.15, 0.2) is 200 Å². The molecule has 10 aromatic carbocycles. The van der Waals surface area contributed by atoms with Crippen molar-refractivity contribution in [3.8, 4) is 61.6 Å². The molecule has 0 spiro atoms. The zero-order valence-corrected chi connectivity index (χ0v) is 31.9. The van der Waals surface area contributed by atoms with Gasteiger partial charge in [-0.1, -0.05) is 188 Å². The van der Waals surface area contributed by atoms with E-state index in [9.17, 15) is 0 Å². The quantitative estimate of drug-likeness (QED) is 0.168. The minimum atomic E-state index is 0.916. The number of para-hydroxylation sites is 2. The zero-order valence-electron chi connectivity index (χ0n) is 31.9. The maximum Gasteiger partial charge on any atom is 0.0980 e. The van der Waals surface area contributed by atoms with Crippen molar-refractivity contribution in [1.29, 1.82) is 0 Å². The van der Waals surface area contributed by atoms with Crippen LogP contribution in [0.3, 0.4) is 0 Å². The van der Waals surface area contributed by atoms with Gasteiger partial charge in [-0.25, -0.2) is 9.97 Å². The van der Waals surface area contributed by atoms with Crippen LogP contribution in [0.5, 0.6) is 0 Å². The maximum atomic E-state index is 5.58. The summed E-state index contributed by atoms with van der Waals surface area (Å²) in [5.74, 6) is 0. The highest BCUT2D eigenvalue weighted by Gasteiger charge is 2.29. The largest absolute Gasteiger partial charge is 0.308 e. The van der Waals surface area contributed by atoms with E-state index >= 15 is 0 Å². The van der Waals surface area contributed by atoms with Gasteiger partial charge in [-0.3, -0.25) is 0 Å². The summed E-state index contributed by atoms with van der Waals surface area (Å²) < 4.78 is 2.48. The van der Waals surface area contributed by atoms with Crippen molar-refractivity contribution in [3.63, 3.8) is 0 Å². The molecule has 0 N–H and O–H groups in total. The van der Waals surface area contributed by atoms with Gasteiger partial charge in [-0.2, -0.15) is 0 Å². The summed E-state index contributed by atoms with van der Waals surface area (Å²) in [6, 6.07) is 72.4. The minimum absolute atomic E-state index is 0.916. The monoisotopic (exact) mass is 747 g/mol. The molecule has 0 bridgehead atoms. The number of benzene rings is 10. The molecule has 0 atom stereocenters. The highest BCUT2D eigenvalue weighted by Crippen LogP contribution is 2.52. The van der Waals surface area contributed by atoms with Gasteiger partial charge in [0, 0.05) is 49.2 Å². The molecule has 0 aliphatic heterocycles. The molecule has 0 saturated heterocycles. The fraction of sp³-hybridized carbons (Fsp3) is 0. The van der Waals surface area contributed by atoms with Gasteiger partial charge in [0.25, 0.3) is 0 Å². The predicted molar refractivity (Wildman–Crippen MR) is 247 cm³/mol. The molecule has 12 aromatic rings. The molecule has 0 fully saturated rings. The number of nitrogens with zero attached hydrogens (tertiary/aromatic N) is 3. The Morgan fingerprint density at radius 1 is 0.288 bits per heavy atom. The van der Waals surface area contributed by atoms with E-state index in [1.807, 2.05) is 0 Å². The lowest BCUT2D eigenvalue weighted by Crippen LogP contribution is -1.99. The first-order valence-electron chi connectivity index (χ1n) is 20.3. The Morgan fingerprint density at radius 3 is 1.24 bits per heavy atom. The van der Waals surface area contributed by atoms with Crippen LogP contribution in [0, 0.1) is 0 Å². The van der Waals surface area contributed by atoms with E-state index < -0.39 is 0 Å². The van der Waals surface area contributed by atoms with Crippen molar-refractivity contribution in [2.24, 2.45) is 0 Å². The second-order valence-electron chi connectivity index (χ2n) is 15.6. The fourth-order valence-electron chi connectivity index (χ4n) is 10.0. The van der Waals surface area contributed by atoms with Crippen LogP contribution in [0.25, 0.3) is 127 Å². The normalized spacial score (nSPS) is 12.1. The molecule has 0 radical (unpaired) electrons. The first-order chi connectivity index (χ1) is 29.3. The van der Waals surface area contributed by atoms with E-state index in [0.29, 0.717) is 0 Å². The van der Waals surface area contributed by atoms with Crippen molar-refractivity contribution >= 4 is 65.2 Å². The number of aromatic nitrogens is 3. The summed E-state index contributed by atoms with van der Waals surface area (Å²) in [6.45, 7) is 0. The molecule has 2 heterocycles. The van der Waals surface area contributed by atoms with E-state index in [1.165, 1.54) is 70.9 Å². The topological polar surface area (TPSA) is 30.7 Å². The lowest BCUT2D eigenvalue weighted by Gasteiger charge is -2.20. The van der Waals surface area contributed by atoms with E-state index in [4.69, 9.17) is 9.97 Å². The average Bonchev–Trinajstić information content (AvgIpc) is 3.81. The Kier molecular flexibility index (Phi) is 6.72. The molecule has 0 unspecified atom stereocenters. The summed E-state index contributed by atoms with van der Waals surface area (Å²) >= 11 is 0. The molecule has 0 amide bonds. The second kappa shape index (κ2) is 12.3. The molecule has 2 aromatic heterocycles. The number of fused-ring (bicyclic) bond motifs is 9. The molecular formula is C56H33N3. The number of hydrogen-bond donors (Lipinski definition) is 0. The third-order valence-corrected chi connectivity index (χ3v) is 12.5. The molecular weight excluding hydrogens is 715 g/mol. The summed E-state index contributed by atoms with van der Waals surface area (Å²) in [7, 11) is 0. The third kappa shape index (κ3) is 4.53. The van der Waals surface area contributed by atoms with Gasteiger partial charge in [-0.05, 0) is 50.5 Å². The Balaban J connectivity index is 1.10. The maximum absolute atomic E-state index is 5.58. The highest BCUT2D eigenvalue weighted by molar-refractivity contribution is 6.26. The van der Waals surface area contributed by atoms with Gasteiger partial charge in [0.2, 0.25) is 0 Å². The summed E-state index contributed by atoms with van der Waals surface area (Å²) in [6.07, 6.45) is 0. The van der Waals surface area contributed by atoms with Gasteiger partial charge >= 0.3 is 0 Å². The lowest BCUT2D eigenvalue weighted by molar-refractivity contribution is 1.21. The second-order valence-corrected chi connectivity index (χ2v) is 15.6. The van der Waals surface area contributed by atoms with Crippen LogP contribution in [0.4, 0.5) is 0 Å². The van der Waals surface area contributed by atoms with Crippen molar-refractivity contribution in [2.75, 3.05) is 0 Å². The van der Waals surface area contributed by atoms with E-state index in [-0.39, 0.29) is 0 Å². The van der Waals surface area contributed by atoms with E-state index in [1.54, 1.807) is 0 Å². The molecule has 1 aliphatic carbocycles. The Labute approximate surface area is 340 Å². The number of rotatable bonds is 4. The smallest absolute Gasteiger partial charge is 0.0980 e. The summed E-state index contributed by atoms with van der Waals surface area (Å²) in [5.41, 5.74) is 16.5. The first-order valence-corrected chi connectivity index (χ1v) is 20.3. The minimum Gasteiger partial charge on any atom is -0.308 e. The predicted octanol–water partition coefficient (Wildman–Crippen LogP) is 14.8. The van der Waals surface area contributed by atoms with Crippen LogP contribution in [-0.4, -0.2) is 14.5 Å². The molecule has 59 heavy (non-hydrogen) atoms. The zero-order chi connectivity index (χ0) is 38.6. The Morgan fingerprint density at radius 2 is 0.695 bits per heavy atom. The van der Waals surface area contributed by atoms with Crippen LogP contribution >= 0.6 is 0 Å². The van der Waals surface area contributed by atoms with Crippen LogP contribution in [-0.2, 0) is 0 Å². The van der Waals surface area contributed by atoms with Gasteiger partial charge in [0.05, 0.1) is 39.1 Å². The van der Waals surface area contributed by atoms with Crippen LogP contribution < -0.4 is 0 Å². The molecule has 3 heteroatoms. The Hall–Kier alpha value is -7.88. The van der Waals surface area contributed by atoms with Crippen molar-refractivity contribution in [3.05, 3.63) is 200 Å². The number of hydrogen-bond acceptors (Lipinski definition) is 2. The SMILES string of the molecule is c1ccc(-c2ccc(-c3ccccc3)c3nc4c(nc23)-c2cccc3c(-c5c6ccccc6c(-n6c7ccccc7c7ccccc76)c6ccccc56)ccc-4c23)cc1. The molecule has 272 valence electrons. The van der Waals surface area contributed by atoms with E-state index in [0.717, 1.165) is 55.8 Å². The van der Waals surface area contributed by atoms with Gasteiger partial charge in [0.15, 0.2) is 0 Å². The molecule has 3 nitrogen and oxygen atoms in total. The average molecular weight is 748 g/mol. The summed E-state index contributed by atoms with van der Waals surface area (Å²) in [5, 5.41) is 9.81. The van der Waals surface area contributed by atoms with Crippen molar-refractivity contribution < 1.29 is 0 Å². The Bertz CT molecular complexity index is 3510. The first kappa shape index (κ1) is 32.2. The van der Waals surface area contributed by atoms with Crippen molar-refractivity contribution in [2.45, 2.75) is 0 Å². The van der Waals surface area contributed by atoms with Crippen molar-refractivity contribution in [1.82, 2.24) is 14.5 Å². The van der Waals surface area contributed by atoms with E-state index in [2.05, 4.69) is 205 Å². The van der Waals surface area contributed by atoms with Crippen LogP contribution in [0.1, 0.15) is 0 Å². The lowest BCUT2D eigenvalue weighted by atomic mass is 9.87. The third-order valence-electron chi connectivity index (χ3n) is 12.5. The molecule has 13 rings (SSSR count). The summed E-state index contributed by atoms with van der Waals surface area (Å²) in [4.78, 5) is 11.2. The fourth-order valence-corrected chi connectivity index (χ4v) is 10.0. The molecule has 0 saturated carbocycles.